The number of benzene rings is 2. The molecule has 0 N–H and O–H groups in total. The fourth-order valence-corrected chi connectivity index (χ4v) is 11.4. The van der Waals surface area contributed by atoms with E-state index in [0.29, 0.717) is 23.9 Å². The molecular weight excluding hydrogens is 639 g/mol. The van der Waals surface area contributed by atoms with Crippen LogP contribution in [0.4, 0.5) is 5.69 Å². The maximum absolute atomic E-state index is 12.9. The van der Waals surface area contributed by atoms with Crippen LogP contribution >= 0.6 is 0 Å². The number of rotatable bonds is 16. The van der Waals surface area contributed by atoms with Gasteiger partial charge in [0.05, 0.1) is 12.3 Å². The van der Waals surface area contributed by atoms with E-state index in [2.05, 4.69) is 76.9 Å². The summed E-state index contributed by atoms with van der Waals surface area (Å²) in [5.74, 6) is 5.98. The van der Waals surface area contributed by atoms with Crippen LogP contribution in [0.5, 0.6) is 5.75 Å². The lowest BCUT2D eigenvalue weighted by Gasteiger charge is -2.58. The fourth-order valence-electron chi connectivity index (χ4n) is 11.4. The van der Waals surface area contributed by atoms with Crippen LogP contribution in [-0.2, 0) is 16.0 Å². The minimum atomic E-state index is -0.0182. The van der Waals surface area contributed by atoms with Crippen LogP contribution < -0.4 is 4.74 Å². The van der Waals surface area contributed by atoms with Crippen LogP contribution in [0.15, 0.2) is 65.2 Å². The molecule has 4 heteroatoms. The molecule has 8 atom stereocenters. The Balaban J connectivity index is 0.892. The van der Waals surface area contributed by atoms with Gasteiger partial charge in [0.15, 0.2) is 0 Å². The molecule has 284 valence electrons. The van der Waals surface area contributed by atoms with Gasteiger partial charge in [0.1, 0.15) is 11.9 Å². The molecule has 0 spiro atoms. The number of aliphatic imine (C=N–C) groups is 1. The molecule has 1 unspecified atom stereocenters. The summed E-state index contributed by atoms with van der Waals surface area (Å²) in [6.07, 6.45) is 23.1. The molecule has 0 aromatic heterocycles. The van der Waals surface area contributed by atoms with E-state index >= 15 is 0 Å². The average molecular weight is 708 g/mol. The van der Waals surface area contributed by atoms with Gasteiger partial charge in [-0.15, -0.1) is 0 Å². The van der Waals surface area contributed by atoms with E-state index in [-0.39, 0.29) is 12.1 Å². The van der Waals surface area contributed by atoms with Crippen molar-refractivity contribution in [1.29, 1.82) is 0 Å². The van der Waals surface area contributed by atoms with Gasteiger partial charge in [0.25, 0.3) is 0 Å². The van der Waals surface area contributed by atoms with Gasteiger partial charge in [-0.2, -0.15) is 0 Å². The van der Waals surface area contributed by atoms with E-state index < -0.39 is 0 Å². The van der Waals surface area contributed by atoms with E-state index in [1.165, 1.54) is 63.4 Å². The molecule has 2 aromatic rings. The Morgan fingerprint density at radius 1 is 0.885 bits per heavy atom. The Morgan fingerprint density at radius 2 is 1.67 bits per heavy atom. The number of carbonyl (C=O) groups is 1. The van der Waals surface area contributed by atoms with Gasteiger partial charge < -0.3 is 9.47 Å². The lowest BCUT2D eigenvalue weighted by molar-refractivity contribution is -0.151. The summed E-state index contributed by atoms with van der Waals surface area (Å²) < 4.78 is 12.1. The molecule has 2 aromatic carbocycles. The largest absolute Gasteiger partial charge is 0.494 e. The average Bonchev–Trinajstić information content (AvgIpc) is 3.50. The van der Waals surface area contributed by atoms with E-state index in [1.807, 2.05) is 30.5 Å². The van der Waals surface area contributed by atoms with Crippen molar-refractivity contribution in [2.45, 2.75) is 150 Å². The standard InChI is InChI=1S/C48H69NO3/c1-7-36-15-20-39(21-16-36)49-33-37-17-22-40(23-18-37)51-31-10-8-9-14-46(50)52-41-27-29-47(5)38(32-41)19-24-42-44-26-25-43(35(4)13-11-12-34(2)3)48(44,6)30-28-45(42)47/h15-23,33-35,41-45H,7-14,24-32H2,1-6H3/t35-,41?,42+,43-,44+,45+,47+,48-/m1/s1. The second kappa shape index (κ2) is 17.5. The van der Waals surface area contributed by atoms with Gasteiger partial charge in [-0.05, 0) is 164 Å². The van der Waals surface area contributed by atoms with Gasteiger partial charge in [-0.1, -0.05) is 84.6 Å². The summed E-state index contributed by atoms with van der Waals surface area (Å²) >= 11 is 0. The highest BCUT2D eigenvalue weighted by Gasteiger charge is 2.59. The predicted molar refractivity (Wildman–Crippen MR) is 216 cm³/mol. The zero-order valence-electron chi connectivity index (χ0n) is 33.5. The Labute approximate surface area is 316 Å². The molecule has 6 rings (SSSR count). The number of fused-ring (bicyclic) bond motifs is 5. The first-order chi connectivity index (χ1) is 25.1. The summed E-state index contributed by atoms with van der Waals surface area (Å²) in [6.45, 7) is 15.4. The van der Waals surface area contributed by atoms with Gasteiger partial charge in [-0.25, -0.2) is 0 Å². The first-order valence-corrected chi connectivity index (χ1v) is 21.3. The van der Waals surface area contributed by atoms with Crippen LogP contribution in [0.25, 0.3) is 0 Å². The Hall–Kier alpha value is -2.88. The van der Waals surface area contributed by atoms with E-state index in [4.69, 9.17) is 9.47 Å². The number of carbonyl (C=O) groups excluding carboxylic acids is 1. The summed E-state index contributed by atoms with van der Waals surface area (Å²) in [4.78, 5) is 17.5. The fraction of sp³-hybridized carbons (Fsp3) is 0.667. The quantitative estimate of drug-likeness (QED) is 0.0755. The molecule has 0 amide bonds. The lowest BCUT2D eigenvalue weighted by atomic mass is 9.47. The smallest absolute Gasteiger partial charge is 0.306 e. The summed E-state index contributed by atoms with van der Waals surface area (Å²) in [7, 11) is 0. The van der Waals surface area contributed by atoms with Crippen molar-refractivity contribution in [2.75, 3.05) is 6.61 Å². The Kier molecular flexibility index (Phi) is 13.1. The van der Waals surface area contributed by atoms with E-state index in [0.717, 1.165) is 91.0 Å². The third-order valence-corrected chi connectivity index (χ3v) is 14.4. The number of ether oxygens (including phenoxy) is 2. The van der Waals surface area contributed by atoms with Gasteiger partial charge in [0, 0.05) is 19.1 Å². The molecule has 0 bridgehead atoms. The summed E-state index contributed by atoms with van der Waals surface area (Å²) in [5.41, 5.74) is 5.77. The second-order valence-electron chi connectivity index (χ2n) is 18.2. The third kappa shape index (κ3) is 9.07. The van der Waals surface area contributed by atoms with Gasteiger partial charge in [-0.3, -0.25) is 9.79 Å². The van der Waals surface area contributed by atoms with Gasteiger partial charge >= 0.3 is 5.97 Å². The molecule has 0 saturated heterocycles. The van der Waals surface area contributed by atoms with Crippen molar-refractivity contribution in [3.63, 3.8) is 0 Å². The SMILES string of the molecule is CCc1ccc(N=Cc2ccc(OCCCCCC(=O)OC3CC[C@@]4(C)C(=CC[C@H]5[C@@H]6CC[C@H]([C@H](C)CCCC(C)C)[C@@]6(C)CC[C@@H]54)C3)cc2)cc1. The Morgan fingerprint density at radius 3 is 2.42 bits per heavy atom. The number of allylic oxidation sites excluding steroid dienone is 1. The van der Waals surface area contributed by atoms with Crippen molar-refractivity contribution in [2.24, 2.45) is 51.3 Å². The molecule has 52 heavy (non-hydrogen) atoms. The first kappa shape index (κ1) is 38.8. The predicted octanol–water partition coefficient (Wildman–Crippen LogP) is 12.9. The maximum atomic E-state index is 12.9. The van der Waals surface area contributed by atoms with Crippen molar-refractivity contribution in [3.8, 4) is 5.75 Å². The molecular formula is C48H69NO3. The molecule has 3 fully saturated rings. The monoisotopic (exact) mass is 708 g/mol. The lowest BCUT2D eigenvalue weighted by Crippen LogP contribution is -2.51. The second-order valence-corrected chi connectivity index (χ2v) is 18.2. The van der Waals surface area contributed by atoms with E-state index in [1.54, 1.807) is 5.57 Å². The molecule has 0 aliphatic heterocycles. The van der Waals surface area contributed by atoms with E-state index in [9.17, 15) is 4.79 Å². The van der Waals surface area contributed by atoms with Crippen LogP contribution in [0, 0.1) is 46.3 Å². The number of aryl methyl sites for hydroxylation is 1. The molecule has 4 aliphatic rings. The van der Waals surface area contributed by atoms with Crippen molar-refractivity contribution < 1.29 is 14.3 Å². The highest BCUT2D eigenvalue weighted by atomic mass is 16.5. The maximum Gasteiger partial charge on any atom is 0.306 e. The van der Waals surface area contributed by atoms with Crippen LogP contribution in [0.3, 0.4) is 0 Å². The summed E-state index contributed by atoms with van der Waals surface area (Å²) in [5, 5.41) is 0. The number of nitrogens with zero attached hydrogens (tertiary/aromatic N) is 1. The van der Waals surface area contributed by atoms with Crippen LogP contribution in [0.2, 0.25) is 0 Å². The number of unbranched alkanes of at least 4 members (excludes halogenated alkanes) is 2. The molecule has 0 heterocycles. The minimum Gasteiger partial charge on any atom is -0.494 e. The number of esters is 1. The summed E-state index contributed by atoms with van der Waals surface area (Å²) in [6, 6.07) is 16.5. The third-order valence-electron chi connectivity index (χ3n) is 14.4. The zero-order chi connectivity index (χ0) is 36.7. The normalized spacial score (nSPS) is 30.4. The Bertz CT molecular complexity index is 1510. The zero-order valence-corrected chi connectivity index (χ0v) is 33.5. The van der Waals surface area contributed by atoms with Crippen molar-refractivity contribution in [3.05, 3.63) is 71.3 Å². The molecule has 4 nitrogen and oxygen atoms in total. The first-order valence-electron chi connectivity index (χ1n) is 21.3. The topological polar surface area (TPSA) is 47.9 Å². The number of hydrogen-bond donors (Lipinski definition) is 0. The highest BCUT2D eigenvalue weighted by molar-refractivity contribution is 5.82. The highest BCUT2D eigenvalue weighted by Crippen LogP contribution is 2.67. The van der Waals surface area contributed by atoms with Crippen molar-refractivity contribution >= 4 is 17.9 Å². The molecule has 4 aliphatic carbocycles. The van der Waals surface area contributed by atoms with Crippen LogP contribution in [-0.4, -0.2) is 24.9 Å². The van der Waals surface area contributed by atoms with Gasteiger partial charge in [0.2, 0.25) is 0 Å². The van der Waals surface area contributed by atoms with Crippen LogP contribution in [0.1, 0.15) is 149 Å². The molecule has 0 radical (unpaired) electrons. The minimum absolute atomic E-state index is 0.0182. The van der Waals surface area contributed by atoms with Crippen molar-refractivity contribution in [1.82, 2.24) is 0 Å². The molecule has 3 saturated carbocycles. The number of hydrogen-bond acceptors (Lipinski definition) is 4.